The predicted octanol–water partition coefficient (Wildman–Crippen LogP) is 2.90. The molecule has 102 valence electrons. The summed E-state index contributed by atoms with van der Waals surface area (Å²) < 4.78 is 2.14. The fraction of sp³-hybridized carbons (Fsp3) is 0.467. The van der Waals surface area contributed by atoms with E-state index in [2.05, 4.69) is 65.1 Å². The lowest BCUT2D eigenvalue weighted by molar-refractivity contribution is 0.507. The molecule has 2 aromatic rings. The molecule has 4 heteroatoms. The second-order valence-electron chi connectivity index (χ2n) is 5.34. The summed E-state index contributed by atoms with van der Waals surface area (Å²) in [4.78, 5) is 0. The molecule has 0 atom stereocenters. The molecule has 2 rings (SSSR count). The summed E-state index contributed by atoms with van der Waals surface area (Å²) in [5, 5.41) is 11.6. The van der Waals surface area contributed by atoms with Crippen molar-refractivity contribution in [3.63, 3.8) is 0 Å². The van der Waals surface area contributed by atoms with E-state index in [-0.39, 0.29) is 0 Å². The van der Waals surface area contributed by atoms with E-state index in [0.29, 0.717) is 5.92 Å². The lowest BCUT2D eigenvalue weighted by Crippen LogP contribution is -2.12. The van der Waals surface area contributed by atoms with Crippen LogP contribution in [0.1, 0.15) is 25.2 Å². The highest BCUT2D eigenvalue weighted by atomic mass is 15.3. The standard InChI is InChI=1S/C15H22N4/c1-12(2)10-19-11-17-18-15(19)8-9-16-14-6-4-13(3)5-7-14/h4-7,11-12,16H,8-10H2,1-3H3. The highest BCUT2D eigenvalue weighted by Crippen LogP contribution is 2.09. The number of hydrogen-bond donors (Lipinski definition) is 1. The molecule has 1 aromatic heterocycles. The van der Waals surface area contributed by atoms with Crippen LogP contribution in [0.5, 0.6) is 0 Å². The van der Waals surface area contributed by atoms with Gasteiger partial charge >= 0.3 is 0 Å². The van der Waals surface area contributed by atoms with Crippen LogP contribution >= 0.6 is 0 Å². The monoisotopic (exact) mass is 258 g/mol. The molecule has 0 saturated carbocycles. The summed E-state index contributed by atoms with van der Waals surface area (Å²) in [5.41, 5.74) is 2.43. The zero-order valence-electron chi connectivity index (χ0n) is 11.9. The van der Waals surface area contributed by atoms with Crippen LogP contribution < -0.4 is 5.32 Å². The fourth-order valence-corrected chi connectivity index (χ4v) is 2.01. The average Bonchev–Trinajstić information content (AvgIpc) is 2.78. The lowest BCUT2D eigenvalue weighted by atomic mass is 10.2. The minimum Gasteiger partial charge on any atom is -0.385 e. The third-order valence-corrected chi connectivity index (χ3v) is 2.99. The molecule has 0 aliphatic rings. The molecule has 0 aliphatic carbocycles. The first-order chi connectivity index (χ1) is 9.15. The SMILES string of the molecule is Cc1ccc(NCCc2nncn2CC(C)C)cc1. The zero-order chi connectivity index (χ0) is 13.7. The van der Waals surface area contributed by atoms with Crippen molar-refractivity contribution in [2.24, 2.45) is 5.92 Å². The first-order valence-electron chi connectivity index (χ1n) is 6.82. The maximum absolute atomic E-state index is 4.19. The Morgan fingerprint density at radius 2 is 1.95 bits per heavy atom. The number of aromatic nitrogens is 3. The third-order valence-electron chi connectivity index (χ3n) is 2.99. The summed E-state index contributed by atoms with van der Waals surface area (Å²) in [5.74, 6) is 1.66. The van der Waals surface area contributed by atoms with Gasteiger partial charge < -0.3 is 9.88 Å². The Morgan fingerprint density at radius 3 is 2.63 bits per heavy atom. The first kappa shape index (κ1) is 13.6. The van der Waals surface area contributed by atoms with Crippen LogP contribution in [0, 0.1) is 12.8 Å². The molecule has 0 aliphatic heterocycles. The van der Waals surface area contributed by atoms with E-state index in [1.54, 1.807) is 0 Å². The van der Waals surface area contributed by atoms with E-state index in [9.17, 15) is 0 Å². The van der Waals surface area contributed by atoms with E-state index >= 15 is 0 Å². The molecule has 0 unspecified atom stereocenters. The summed E-state index contributed by atoms with van der Waals surface area (Å²) in [6.07, 6.45) is 2.71. The molecule has 0 fully saturated rings. The summed E-state index contributed by atoms with van der Waals surface area (Å²) in [7, 11) is 0. The Labute approximate surface area is 114 Å². The van der Waals surface area contributed by atoms with Gasteiger partial charge in [-0.2, -0.15) is 0 Å². The molecule has 0 saturated heterocycles. The molecule has 0 bridgehead atoms. The predicted molar refractivity (Wildman–Crippen MR) is 78.2 cm³/mol. The number of rotatable bonds is 6. The van der Waals surface area contributed by atoms with Gasteiger partial charge in [-0.1, -0.05) is 31.5 Å². The second kappa shape index (κ2) is 6.36. The van der Waals surface area contributed by atoms with Crippen LogP contribution in [0.2, 0.25) is 0 Å². The Balaban J connectivity index is 1.85. The van der Waals surface area contributed by atoms with Gasteiger partial charge in [0.15, 0.2) is 0 Å². The second-order valence-corrected chi connectivity index (χ2v) is 5.34. The van der Waals surface area contributed by atoms with Gasteiger partial charge in [-0.05, 0) is 25.0 Å². The Bertz CT molecular complexity index is 499. The van der Waals surface area contributed by atoms with Gasteiger partial charge in [0, 0.05) is 25.2 Å². The number of anilines is 1. The summed E-state index contributed by atoms with van der Waals surface area (Å²) in [6.45, 7) is 8.35. The maximum Gasteiger partial charge on any atom is 0.134 e. The van der Waals surface area contributed by atoms with Crippen molar-refractivity contribution in [2.75, 3.05) is 11.9 Å². The molecule has 1 heterocycles. The van der Waals surface area contributed by atoms with Crippen LogP contribution in [0.25, 0.3) is 0 Å². The molecule has 0 amide bonds. The largest absolute Gasteiger partial charge is 0.385 e. The normalized spacial score (nSPS) is 10.9. The van der Waals surface area contributed by atoms with Gasteiger partial charge in [-0.3, -0.25) is 0 Å². The number of hydrogen-bond acceptors (Lipinski definition) is 3. The van der Waals surface area contributed by atoms with Crippen molar-refractivity contribution in [1.82, 2.24) is 14.8 Å². The topological polar surface area (TPSA) is 42.7 Å². The van der Waals surface area contributed by atoms with E-state index in [0.717, 1.165) is 31.0 Å². The van der Waals surface area contributed by atoms with Crippen molar-refractivity contribution in [3.05, 3.63) is 42.0 Å². The maximum atomic E-state index is 4.19. The van der Waals surface area contributed by atoms with E-state index in [4.69, 9.17) is 0 Å². The Kier molecular flexibility index (Phi) is 4.55. The average molecular weight is 258 g/mol. The van der Waals surface area contributed by atoms with Gasteiger partial charge in [-0.25, -0.2) is 0 Å². The number of nitrogens with one attached hydrogen (secondary N) is 1. The number of aryl methyl sites for hydroxylation is 1. The summed E-state index contributed by atoms with van der Waals surface area (Å²) in [6, 6.07) is 8.44. The van der Waals surface area contributed by atoms with E-state index in [1.165, 1.54) is 5.56 Å². The lowest BCUT2D eigenvalue weighted by Gasteiger charge is -2.10. The van der Waals surface area contributed by atoms with Crippen LogP contribution in [-0.2, 0) is 13.0 Å². The minimum absolute atomic E-state index is 0.611. The van der Waals surface area contributed by atoms with Gasteiger partial charge in [0.25, 0.3) is 0 Å². The molecular weight excluding hydrogens is 236 g/mol. The highest BCUT2D eigenvalue weighted by Gasteiger charge is 2.05. The Hall–Kier alpha value is -1.84. The molecule has 0 radical (unpaired) electrons. The smallest absolute Gasteiger partial charge is 0.134 e. The van der Waals surface area contributed by atoms with Crippen molar-refractivity contribution in [1.29, 1.82) is 0 Å². The van der Waals surface area contributed by atoms with Crippen molar-refractivity contribution in [2.45, 2.75) is 33.7 Å². The molecular formula is C15H22N4. The summed E-state index contributed by atoms with van der Waals surface area (Å²) >= 11 is 0. The first-order valence-corrected chi connectivity index (χ1v) is 6.82. The molecule has 1 aromatic carbocycles. The molecule has 19 heavy (non-hydrogen) atoms. The van der Waals surface area contributed by atoms with Gasteiger partial charge in [0.05, 0.1) is 0 Å². The van der Waals surface area contributed by atoms with Crippen LogP contribution in [0.3, 0.4) is 0 Å². The van der Waals surface area contributed by atoms with Crippen LogP contribution in [0.4, 0.5) is 5.69 Å². The van der Waals surface area contributed by atoms with Gasteiger partial charge in [0.2, 0.25) is 0 Å². The van der Waals surface area contributed by atoms with E-state index < -0.39 is 0 Å². The third kappa shape index (κ3) is 4.09. The van der Waals surface area contributed by atoms with Crippen molar-refractivity contribution >= 4 is 5.69 Å². The number of nitrogens with zero attached hydrogens (tertiary/aromatic N) is 3. The fourth-order valence-electron chi connectivity index (χ4n) is 2.01. The van der Waals surface area contributed by atoms with Crippen molar-refractivity contribution in [3.8, 4) is 0 Å². The molecule has 4 nitrogen and oxygen atoms in total. The minimum atomic E-state index is 0.611. The molecule has 0 spiro atoms. The van der Waals surface area contributed by atoms with Crippen molar-refractivity contribution < 1.29 is 0 Å². The quantitative estimate of drug-likeness (QED) is 0.866. The zero-order valence-corrected chi connectivity index (χ0v) is 11.9. The number of benzene rings is 1. The van der Waals surface area contributed by atoms with Crippen LogP contribution in [-0.4, -0.2) is 21.3 Å². The van der Waals surface area contributed by atoms with Gasteiger partial charge in [0.1, 0.15) is 12.2 Å². The van der Waals surface area contributed by atoms with E-state index in [1.807, 2.05) is 6.33 Å². The Morgan fingerprint density at radius 1 is 1.21 bits per heavy atom. The van der Waals surface area contributed by atoms with Gasteiger partial charge in [-0.15, -0.1) is 10.2 Å². The molecule has 1 N–H and O–H groups in total. The highest BCUT2D eigenvalue weighted by molar-refractivity contribution is 5.44. The van der Waals surface area contributed by atoms with Crippen LogP contribution in [0.15, 0.2) is 30.6 Å².